The highest BCUT2D eigenvalue weighted by molar-refractivity contribution is 14.1. The molecule has 0 radical (unpaired) electrons. The standard InChI is InChI=1S/C14H19IN2O3/c15-12-2-1-10(9-13(12)18)14(19)17-7-8-20-11-3-5-16-6-4-11/h1-2,9,11,16,18H,3-8H2,(H,17,19). The van der Waals surface area contributed by atoms with E-state index in [0.717, 1.165) is 29.5 Å². The van der Waals surface area contributed by atoms with Crippen LogP contribution in [0.1, 0.15) is 23.2 Å². The molecule has 20 heavy (non-hydrogen) atoms. The van der Waals surface area contributed by atoms with Gasteiger partial charge in [0.15, 0.2) is 0 Å². The number of phenols is 1. The van der Waals surface area contributed by atoms with Gasteiger partial charge in [0.1, 0.15) is 5.75 Å². The number of carbonyl (C=O) groups is 1. The maximum atomic E-state index is 11.9. The minimum absolute atomic E-state index is 0.129. The molecular formula is C14H19IN2O3. The highest BCUT2D eigenvalue weighted by Gasteiger charge is 2.13. The SMILES string of the molecule is O=C(NCCOC1CCNCC1)c1ccc(I)c(O)c1. The van der Waals surface area contributed by atoms with Gasteiger partial charge >= 0.3 is 0 Å². The summed E-state index contributed by atoms with van der Waals surface area (Å²) in [5.74, 6) is -0.0604. The molecule has 1 aromatic rings. The van der Waals surface area contributed by atoms with Gasteiger partial charge in [-0.3, -0.25) is 4.79 Å². The number of benzene rings is 1. The van der Waals surface area contributed by atoms with Crippen molar-refractivity contribution in [2.45, 2.75) is 18.9 Å². The van der Waals surface area contributed by atoms with Crippen LogP contribution in [-0.2, 0) is 4.74 Å². The predicted octanol–water partition coefficient (Wildman–Crippen LogP) is 1.50. The van der Waals surface area contributed by atoms with Gasteiger partial charge in [-0.05, 0) is 66.7 Å². The molecule has 0 spiro atoms. The average molecular weight is 390 g/mol. The monoisotopic (exact) mass is 390 g/mol. The Hall–Kier alpha value is -0.860. The molecule has 1 aliphatic heterocycles. The van der Waals surface area contributed by atoms with Crippen molar-refractivity contribution in [3.8, 4) is 5.75 Å². The van der Waals surface area contributed by atoms with E-state index in [-0.39, 0.29) is 11.7 Å². The Kier molecular flexibility index (Phi) is 6.06. The van der Waals surface area contributed by atoms with Crippen LogP contribution >= 0.6 is 22.6 Å². The third-order valence-corrected chi connectivity index (χ3v) is 4.15. The van der Waals surface area contributed by atoms with Crippen molar-refractivity contribution >= 4 is 28.5 Å². The van der Waals surface area contributed by atoms with Gasteiger partial charge < -0.3 is 20.5 Å². The number of nitrogens with one attached hydrogen (secondary N) is 2. The second kappa shape index (κ2) is 7.80. The van der Waals surface area contributed by atoms with E-state index in [1.54, 1.807) is 12.1 Å². The second-order valence-electron chi connectivity index (χ2n) is 4.74. The van der Waals surface area contributed by atoms with Crippen LogP contribution in [0.3, 0.4) is 0 Å². The fourth-order valence-corrected chi connectivity index (χ4v) is 2.44. The van der Waals surface area contributed by atoms with E-state index in [1.165, 1.54) is 6.07 Å². The van der Waals surface area contributed by atoms with Gasteiger partial charge in [0.05, 0.1) is 16.3 Å². The van der Waals surface area contributed by atoms with Crippen molar-refractivity contribution in [3.63, 3.8) is 0 Å². The molecular weight excluding hydrogens is 371 g/mol. The summed E-state index contributed by atoms with van der Waals surface area (Å²) in [6.45, 7) is 3.00. The van der Waals surface area contributed by atoms with Crippen LogP contribution in [-0.4, -0.2) is 43.4 Å². The Bertz CT molecular complexity index is 462. The van der Waals surface area contributed by atoms with Crippen molar-refractivity contribution in [2.24, 2.45) is 0 Å². The second-order valence-corrected chi connectivity index (χ2v) is 5.90. The molecule has 1 fully saturated rings. The summed E-state index contributed by atoms with van der Waals surface area (Å²) in [7, 11) is 0. The fraction of sp³-hybridized carbons (Fsp3) is 0.500. The third-order valence-electron chi connectivity index (χ3n) is 3.24. The van der Waals surface area contributed by atoms with Crippen LogP contribution in [0.15, 0.2) is 18.2 Å². The summed E-state index contributed by atoms with van der Waals surface area (Å²) >= 11 is 2.02. The maximum Gasteiger partial charge on any atom is 0.251 e. The molecule has 0 saturated carbocycles. The van der Waals surface area contributed by atoms with E-state index in [4.69, 9.17) is 4.74 Å². The minimum atomic E-state index is -0.189. The Morgan fingerprint density at radius 3 is 2.90 bits per heavy atom. The zero-order chi connectivity index (χ0) is 14.4. The van der Waals surface area contributed by atoms with Crippen LogP contribution in [0.2, 0.25) is 0 Å². The van der Waals surface area contributed by atoms with Crippen LogP contribution in [0, 0.1) is 3.57 Å². The van der Waals surface area contributed by atoms with Crippen LogP contribution < -0.4 is 10.6 Å². The molecule has 1 saturated heterocycles. The van der Waals surface area contributed by atoms with Crippen LogP contribution in [0.25, 0.3) is 0 Å². The van der Waals surface area contributed by atoms with Gasteiger partial charge in [0.2, 0.25) is 0 Å². The van der Waals surface area contributed by atoms with Gasteiger partial charge in [0.25, 0.3) is 5.91 Å². The molecule has 110 valence electrons. The summed E-state index contributed by atoms with van der Waals surface area (Å²) in [5, 5.41) is 15.6. The van der Waals surface area contributed by atoms with E-state index in [9.17, 15) is 9.90 Å². The topological polar surface area (TPSA) is 70.6 Å². The number of ether oxygens (including phenoxy) is 1. The first kappa shape index (κ1) is 15.5. The summed E-state index contributed by atoms with van der Waals surface area (Å²) in [5.41, 5.74) is 0.463. The highest BCUT2D eigenvalue weighted by atomic mass is 127. The Labute approximate surface area is 132 Å². The van der Waals surface area contributed by atoms with Crippen LogP contribution in [0.5, 0.6) is 5.75 Å². The summed E-state index contributed by atoms with van der Waals surface area (Å²) in [6, 6.07) is 4.89. The highest BCUT2D eigenvalue weighted by Crippen LogP contribution is 2.20. The van der Waals surface area contributed by atoms with E-state index in [1.807, 2.05) is 22.6 Å². The lowest BCUT2D eigenvalue weighted by Gasteiger charge is -2.22. The van der Waals surface area contributed by atoms with Crippen molar-refractivity contribution in [1.29, 1.82) is 0 Å². The zero-order valence-corrected chi connectivity index (χ0v) is 13.4. The molecule has 1 aromatic carbocycles. The lowest BCUT2D eigenvalue weighted by atomic mass is 10.1. The van der Waals surface area contributed by atoms with E-state index in [2.05, 4.69) is 10.6 Å². The molecule has 0 atom stereocenters. The summed E-state index contributed by atoms with van der Waals surface area (Å²) in [6.07, 6.45) is 2.35. The average Bonchev–Trinajstić information content (AvgIpc) is 2.47. The van der Waals surface area contributed by atoms with E-state index >= 15 is 0 Å². The maximum absolute atomic E-state index is 11.9. The van der Waals surface area contributed by atoms with Gasteiger partial charge in [-0.1, -0.05) is 0 Å². The Balaban J connectivity index is 1.70. The fourth-order valence-electron chi connectivity index (χ4n) is 2.11. The number of rotatable bonds is 5. The number of carbonyl (C=O) groups excluding carboxylic acids is 1. The molecule has 6 heteroatoms. The van der Waals surface area contributed by atoms with Crippen LogP contribution in [0.4, 0.5) is 0 Å². The van der Waals surface area contributed by atoms with Gasteiger partial charge in [0, 0.05) is 12.1 Å². The number of amides is 1. The molecule has 5 nitrogen and oxygen atoms in total. The van der Waals surface area contributed by atoms with E-state index < -0.39 is 0 Å². The molecule has 0 aromatic heterocycles. The molecule has 1 amide bonds. The quantitative estimate of drug-likeness (QED) is 0.527. The summed E-state index contributed by atoms with van der Waals surface area (Å²) in [4.78, 5) is 11.9. The largest absolute Gasteiger partial charge is 0.507 e. The first-order valence-electron chi connectivity index (χ1n) is 6.76. The van der Waals surface area contributed by atoms with Crippen molar-refractivity contribution in [2.75, 3.05) is 26.2 Å². The number of hydrogen-bond donors (Lipinski definition) is 3. The normalized spacial score (nSPS) is 16.1. The van der Waals surface area contributed by atoms with Gasteiger partial charge in [-0.15, -0.1) is 0 Å². The third kappa shape index (κ3) is 4.60. The smallest absolute Gasteiger partial charge is 0.251 e. The minimum Gasteiger partial charge on any atom is -0.507 e. The number of piperidine rings is 1. The number of halogens is 1. The first-order valence-corrected chi connectivity index (χ1v) is 7.84. The molecule has 1 heterocycles. The number of aromatic hydroxyl groups is 1. The Morgan fingerprint density at radius 1 is 1.45 bits per heavy atom. The molecule has 0 aliphatic carbocycles. The number of phenolic OH excluding ortho intramolecular Hbond substituents is 1. The zero-order valence-electron chi connectivity index (χ0n) is 11.2. The summed E-state index contributed by atoms with van der Waals surface area (Å²) < 4.78 is 6.44. The molecule has 3 N–H and O–H groups in total. The van der Waals surface area contributed by atoms with Crippen molar-refractivity contribution < 1.29 is 14.6 Å². The molecule has 0 unspecified atom stereocenters. The number of hydrogen-bond acceptors (Lipinski definition) is 4. The molecule has 2 rings (SSSR count). The van der Waals surface area contributed by atoms with E-state index in [0.29, 0.717) is 24.8 Å². The predicted molar refractivity (Wildman–Crippen MR) is 85.0 cm³/mol. The molecule has 0 bridgehead atoms. The van der Waals surface area contributed by atoms with Crippen molar-refractivity contribution in [1.82, 2.24) is 10.6 Å². The molecule has 1 aliphatic rings. The Morgan fingerprint density at radius 2 is 2.20 bits per heavy atom. The lowest BCUT2D eigenvalue weighted by Crippen LogP contribution is -2.34. The van der Waals surface area contributed by atoms with Gasteiger partial charge in [-0.2, -0.15) is 0 Å². The lowest BCUT2D eigenvalue weighted by molar-refractivity contribution is 0.0343. The first-order chi connectivity index (χ1) is 9.66. The van der Waals surface area contributed by atoms with Gasteiger partial charge in [-0.25, -0.2) is 0 Å². The van der Waals surface area contributed by atoms with Crippen molar-refractivity contribution in [3.05, 3.63) is 27.3 Å².